The molecule has 0 atom stereocenters. The van der Waals surface area contributed by atoms with Gasteiger partial charge in [0.25, 0.3) is 0 Å². The Morgan fingerprint density at radius 1 is 1.23 bits per heavy atom. The Kier molecular flexibility index (Phi) is 3.25. The van der Waals surface area contributed by atoms with E-state index in [0.29, 0.717) is 17.8 Å². The largest absolute Gasteiger partial charge is 0.339 e. The van der Waals surface area contributed by atoms with Gasteiger partial charge in [-0.3, -0.25) is 0 Å². The van der Waals surface area contributed by atoms with Crippen molar-refractivity contribution in [3.63, 3.8) is 0 Å². The predicted octanol–water partition coefficient (Wildman–Crippen LogP) is 3.61. The van der Waals surface area contributed by atoms with E-state index in [-0.39, 0.29) is 0 Å². The minimum atomic E-state index is 0.364. The summed E-state index contributed by atoms with van der Waals surface area (Å²) < 4.78 is 7.61. The van der Waals surface area contributed by atoms with Gasteiger partial charge >= 0.3 is 0 Å². The third-order valence-corrected chi connectivity index (χ3v) is 4.47. The lowest BCUT2D eigenvalue weighted by atomic mass is 9.80. The predicted molar refractivity (Wildman–Crippen MR) is 82.4 cm³/mol. The molecule has 0 bridgehead atoms. The van der Waals surface area contributed by atoms with Crippen LogP contribution in [0.25, 0.3) is 11.4 Å². The van der Waals surface area contributed by atoms with Crippen LogP contribution in [0.1, 0.15) is 43.2 Å². The summed E-state index contributed by atoms with van der Waals surface area (Å²) in [5.41, 5.74) is 2.33. The second kappa shape index (κ2) is 5.40. The van der Waals surface area contributed by atoms with Crippen molar-refractivity contribution < 1.29 is 4.52 Å². The molecule has 5 nitrogen and oxygen atoms in total. The van der Waals surface area contributed by atoms with Crippen molar-refractivity contribution in [1.29, 1.82) is 0 Å². The Morgan fingerprint density at radius 2 is 2.05 bits per heavy atom. The normalized spacial score (nSPS) is 20.8. The van der Waals surface area contributed by atoms with Gasteiger partial charge in [-0.15, -0.1) is 0 Å². The highest BCUT2D eigenvalue weighted by molar-refractivity contribution is 5.54. The molecule has 1 saturated carbocycles. The van der Waals surface area contributed by atoms with Crippen molar-refractivity contribution in [3.05, 3.63) is 54.4 Å². The lowest BCUT2D eigenvalue weighted by Crippen LogP contribution is -2.24. The third-order valence-electron chi connectivity index (χ3n) is 4.47. The van der Waals surface area contributed by atoms with E-state index in [2.05, 4.69) is 50.9 Å². The van der Waals surface area contributed by atoms with Crippen molar-refractivity contribution in [1.82, 2.24) is 19.7 Å². The quantitative estimate of drug-likeness (QED) is 0.737. The van der Waals surface area contributed by atoms with Gasteiger partial charge in [-0.2, -0.15) is 4.98 Å². The van der Waals surface area contributed by atoms with Gasteiger partial charge in [0.15, 0.2) is 0 Å². The molecule has 1 aliphatic rings. The number of imidazole rings is 1. The van der Waals surface area contributed by atoms with E-state index >= 15 is 0 Å². The van der Waals surface area contributed by atoms with Crippen LogP contribution in [0.15, 0.2) is 47.5 Å². The molecule has 3 aromatic rings. The molecule has 0 saturated heterocycles. The summed E-state index contributed by atoms with van der Waals surface area (Å²) in [5.74, 6) is 1.80. The lowest BCUT2D eigenvalue weighted by Gasteiger charge is -2.33. The van der Waals surface area contributed by atoms with E-state index in [9.17, 15) is 0 Å². The van der Waals surface area contributed by atoms with Crippen LogP contribution in [0.4, 0.5) is 0 Å². The molecule has 2 aromatic heterocycles. The van der Waals surface area contributed by atoms with Crippen molar-refractivity contribution in [2.24, 2.45) is 0 Å². The lowest BCUT2D eigenvalue weighted by molar-refractivity contribution is 0.214. The molecule has 2 heterocycles. The summed E-state index contributed by atoms with van der Waals surface area (Å²) in [7, 11) is 0. The maximum absolute atomic E-state index is 5.46. The summed E-state index contributed by atoms with van der Waals surface area (Å²) in [6.07, 6.45) is 8.80. The fourth-order valence-corrected chi connectivity index (χ4v) is 2.93. The second-order valence-corrected chi connectivity index (χ2v) is 5.84. The van der Waals surface area contributed by atoms with Crippen LogP contribution in [0.3, 0.4) is 0 Å². The van der Waals surface area contributed by atoms with Crippen LogP contribution in [0.5, 0.6) is 0 Å². The molecule has 0 radical (unpaired) electrons. The molecule has 5 heteroatoms. The maximum Gasteiger partial charge on any atom is 0.230 e. The van der Waals surface area contributed by atoms with E-state index in [1.807, 2.05) is 18.7 Å². The molecule has 1 fully saturated rings. The summed E-state index contributed by atoms with van der Waals surface area (Å²) in [5, 5.41) is 4.13. The first-order valence-corrected chi connectivity index (χ1v) is 7.74. The van der Waals surface area contributed by atoms with E-state index in [0.717, 1.165) is 30.7 Å². The van der Waals surface area contributed by atoms with Gasteiger partial charge in [-0.25, -0.2) is 4.98 Å². The number of hydrogen-bond acceptors (Lipinski definition) is 4. The number of hydrogen-bond donors (Lipinski definition) is 0. The molecule has 0 aliphatic heterocycles. The van der Waals surface area contributed by atoms with Gasteiger partial charge in [-0.05, 0) is 24.8 Å². The number of benzene rings is 1. The average Bonchev–Trinajstić information content (AvgIpc) is 3.18. The SMILES string of the molecule is CCc1ccc(-c2noc(C3CC(n4ccnc4)C3)n2)cc1. The van der Waals surface area contributed by atoms with Gasteiger partial charge in [0.1, 0.15) is 0 Å². The molecule has 112 valence electrons. The Bertz CT molecular complexity index is 739. The second-order valence-electron chi connectivity index (χ2n) is 5.84. The monoisotopic (exact) mass is 294 g/mol. The number of aromatic nitrogens is 4. The maximum atomic E-state index is 5.46. The first kappa shape index (κ1) is 13.2. The summed E-state index contributed by atoms with van der Waals surface area (Å²) in [6, 6.07) is 8.85. The van der Waals surface area contributed by atoms with Crippen molar-refractivity contribution in [2.75, 3.05) is 0 Å². The van der Waals surface area contributed by atoms with Crippen LogP contribution in [-0.2, 0) is 6.42 Å². The van der Waals surface area contributed by atoms with Gasteiger partial charge in [-0.1, -0.05) is 36.3 Å². The Hall–Kier alpha value is -2.43. The minimum Gasteiger partial charge on any atom is -0.339 e. The van der Waals surface area contributed by atoms with Crippen LogP contribution in [0.2, 0.25) is 0 Å². The van der Waals surface area contributed by atoms with Gasteiger partial charge in [0.2, 0.25) is 11.7 Å². The topological polar surface area (TPSA) is 56.7 Å². The van der Waals surface area contributed by atoms with Gasteiger partial charge in [0, 0.05) is 29.9 Å². The zero-order chi connectivity index (χ0) is 14.9. The van der Waals surface area contributed by atoms with Crippen molar-refractivity contribution >= 4 is 0 Å². The minimum absolute atomic E-state index is 0.364. The van der Waals surface area contributed by atoms with E-state index < -0.39 is 0 Å². The van der Waals surface area contributed by atoms with Gasteiger partial charge in [0.05, 0.1) is 6.33 Å². The van der Waals surface area contributed by atoms with E-state index in [4.69, 9.17) is 4.52 Å². The molecular formula is C17H18N4O. The fourth-order valence-electron chi connectivity index (χ4n) is 2.93. The fraction of sp³-hybridized carbons (Fsp3) is 0.353. The molecule has 0 amide bonds. The van der Waals surface area contributed by atoms with Gasteiger partial charge < -0.3 is 9.09 Å². The zero-order valence-corrected chi connectivity index (χ0v) is 12.5. The van der Waals surface area contributed by atoms with Crippen LogP contribution in [0, 0.1) is 0 Å². The Labute approximate surface area is 129 Å². The third kappa shape index (κ3) is 2.32. The molecule has 0 spiro atoms. The van der Waals surface area contributed by atoms with Crippen molar-refractivity contribution in [3.8, 4) is 11.4 Å². The molecule has 1 aromatic carbocycles. The summed E-state index contributed by atoms with van der Waals surface area (Å²) >= 11 is 0. The molecule has 0 N–H and O–H groups in total. The number of rotatable bonds is 4. The number of aryl methyl sites for hydroxylation is 1. The standard InChI is InChI=1S/C17H18N4O/c1-2-12-3-5-13(6-4-12)16-19-17(22-20-16)14-9-15(10-14)21-8-7-18-11-21/h3-8,11,14-15H,2,9-10H2,1H3. The zero-order valence-electron chi connectivity index (χ0n) is 12.5. The first-order valence-electron chi connectivity index (χ1n) is 7.74. The number of nitrogens with zero attached hydrogens (tertiary/aromatic N) is 4. The highest BCUT2D eigenvalue weighted by Crippen LogP contribution is 2.44. The van der Waals surface area contributed by atoms with Crippen molar-refractivity contribution in [2.45, 2.75) is 38.1 Å². The summed E-state index contributed by atoms with van der Waals surface area (Å²) in [4.78, 5) is 8.66. The molecular weight excluding hydrogens is 276 g/mol. The molecule has 0 unspecified atom stereocenters. The first-order chi connectivity index (χ1) is 10.8. The smallest absolute Gasteiger partial charge is 0.230 e. The van der Waals surface area contributed by atoms with E-state index in [1.165, 1.54) is 5.56 Å². The highest BCUT2D eigenvalue weighted by atomic mass is 16.5. The average molecular weight is 294 g/mol. The highest BCUT2D eigenvalue weighted by Gasteiger charge is 2.35. The van der Waals surface area contributed by atoms with Crippen LogP contribution >= 0.6 is 0 Å². The van der Waals surface area contributed by atoms with E-state index in [1.54, 1.807) is 0 Å². The van der Waals surface area contributed by atoms with Crippen LogP contribution < -0.4 is 0 Å². The summed E-state index contributed by atoms with van der Waals surface area (Å²) in [6.45, 7) is 2.15. The molecule has 4 rings (SSSR count). The molecule has 1 aliphatic carbocycles. The Balaban J connectivity index is 1.46. The Morgan fingerprint density at radius 3 is 2.73 bits per heavy atom. The molecule has 22 heavy (non-hydrogen) atoms. The van der Waals surface area contributed by atoms with Crippen LogP contribution in [-0.4, -0.2) is 19.7 Å².